The van der Waals surface area contributed by atoms with E-state index in [0.29, 0.717) is 0 Å². The van der Waals surface area contributed by atoms with Crippen molar-refractivity contribution < 1.29 is 4.79 Å². The fourth-order valence-corrected chi connectivity index (χ4v) is 1.77. The first-order chi connectivity index (χ1) is 8.65. The molecule has 18 heavy (non-hydrogen) atoms. The molecular formula is C15H22N2O. The number of anilines is 2. The van der Waals surface area contributed by atoms with Gasteiger partial charge in [0.25, 0.3) is 0 Å². The maximum Gasteiger partial charge on any atom is 0.227 e. The van der Waals surface area contributed by atoms with E-state index < -0.39 is 0 Å². The Bertz CT molecular complexity index is 393. The lowest BCUT2D eigenvalue weighted by Gasteiger charge is -2.09. The number of benzene rings is 1. The van der Waals surface area contributed by atoms with Crippen LogP contribution in [0.4, 0.5) is 11.4 Å². The van der Waals surface area contributed by atoms with Crippen molar-refractivity contribution >= 4 is 17.3 Å². The Morgan fingerprint density at radius 3 is 2.39 bits per heavy atom. The summed E-state index contributed by atoms with van der Waals surface area (Å²) in [6.45, 7) is 5.43. The summed E-state index contributed by atoms with van der Waals surface area (Å²) in [6.07, 6.45) is 3.25. The van der Waals surface area contributed by atoms with Crippen molar-refractivity contribution in [1.82, 2.24) is 0 Å². The highest BCUT2D eigenvalue weighted by Crippen LogP contribution is 2.30. The van der Waals surface area contributed by atoms with Crippen LogP contribution in [0.1, 0.15) is 33.1 Å². The summed E-state index contributed by atoms with van der Waals surface area (Å²) in [6, 6.07) is 7.95. The number of rotatable bonds is 6. The molecule has 1 aliphatic carbocycles. The van der Waals surface area contributed by atoms with Gasteiger partial charge in [0.15, 0.2) is 0 Å². The van der Waals surface area contributed by atoms with Crippen molar-refractivity contribution in [2.24, 2.45) is 11.8 Å². The third kappa shape index (κ3) is 4.06. The van der Waals surface area contributed by atoms with Gasteiger partial charge >= 0.3 is 0 Å². The van der Waals surface area contributed by atoms with Crippen molar-refractivity contribution in [3.63, 3.8) is 0 Å². The van der Waals surface area contributed by atoms with E-state index in [4.69, 9.17) is 0 Å². The summed E-state index contributed by atoms with van der Waals surface area (Å²) in [5.41, 5.74) is 2.00. The van der Waals surface area contributed by atoms with E-state index in [-0.39, 0.29) is 11.8 Å². The molecule has 0 atom stereocenters. The summed E-state index contributed by atoms with van der Waals surface area (Å²) >= 11 is 0. The molecule has 0 bridgehead atoms. The Morgan fingerprint density at radius 2 is 1.83 bits per heavy atom. The van der Waals surface area contributed by atoms with Crippen LogP contribution in [0.2, 0.25) is 0 Å². The fourth-order valence-electron chi connectivity index (χ4n) is 1.77. The van der Waals surface area contributed by atoms with E-state index in [1.54, 1.807) is 0 Å². The highest BCUT2D eigenvalue weighted by Gasteiger charge is 2.29. The van der Waals surface area contributed by atoms with Gasteiger partial charge in [-0.05, 0) is 49.4 Å². The Hall–Kier alpha value is -1.51. The van der Waals surface area contributed by atoms with Crippen LogP contribution in [-0.4, -0.2) is 12.5 Å². The molecule has 0 aliphatic heterocycles. The van der Waals surface area contributed by atoms with E-state index in [0.717, 1.165) is 36.7 Å². The lowest BCUT2D eigenvalue weighted by Crippen LogP contribution is -2.13. The average molecular weight is 246 g/mol. The van der Waals surface area contributed by atoms with E-state index in [1.165, 1.54) is 6.42 Å². The number of hydrogen-bond acceptors (Lipinski definition) is 2. The molecule has 1 amide bonds. The number of amides is 1. The van der Waals surface area contributed by atoms with E-state index in [2.05, 4.69) is 24.5 Å². The van der Waals surface area contributed by atoms with Crippen LogP contribution < -0.4 is 10.6 Å². The second-order valence-electron chi connectivity index (χ2n) is 5.45. The van der Waals surface area contributed by atoms with Crippen LogP contribution in [0.5, 0.6) is 0 Å². The minimum absolute atomic E-state index is 0.163. The Morgan fingerprint density at radius 1 is 1.22 bits per heavy atom. The molecule has 1 aromatic carbocycles. The third-order valence-electron chi connectivity index (χ3n) is 3.15. The van der Waals surface area contributed by atoms with Crippen LogP contribution >= 0.6 is 0 Å². The molecule has 2 rings (SSSR count). The molecule has 98 valence electrons. The van der Waals surface area contributed by atoms with Crippen LogP contribution in [0.3, 0.4) is 0 Å². The van der Waals surface area contributed by atoms with Gasteiger partial charge in [-0.2, -0.15) is 0 Å². The van der Waals surface area contributed by atoms with Gasteiger partial charge in [0.05, 0.1) is 0 Å². The van der Waals surface area contributed by atoms with Gasteiger partial charge in [0, 0.05) is 23.8 Å². The molecule has 0 heterocycles. The zero-order valence-electron chi connectivity index (χ0n) is 11.2. The molecule has 3 nitrogen and oxygen atoms in total. The van der Waals surface area contributed by atoms with Gasteiger partial charge in [-0.1, -0.05) is 13.8 Å². The SMILES string of the molecule is CC(C)CCNc1ccc(NC(=O)C2CC2)cc1. The van der Waals surface area contributed by atoms with Crippen molar-refractivity contribution in [2.45, 2.75) is 33.1 Å². The minimum Gasteiger partial charge on any atom is -0.385 e. The van der Waals surface area contributed by atoms with Gasteiger partial charge in [-0.25, -0.2) is 0 Å². The van der Waals surface area contributed by atoms with Crippen molar-refractivity contribution in [1.29, 1.82) is 0 Å². The molecule has 0 aromatic heterocycles. The average Bonchev–Trinajstić information content (AvgIpc) is 3.15. The second-order valence-corrected chi connectivity index (χ2v) is 5.45. The van der Waals surface area contributed by atoms with Crippen molar-refractivity contribution in [3.8, 4) is 0 Å². The lowest BCUT2D eigenvalue weighted by atomic mass is 10.1. The number of hydrogen-bond donors (Lipinski definition) is 2. The maximum atomic E-state index is 11.6. The summed E-state index contributed by atoms with van der Waals surface area (Å²) in [4.78, 5) is 11.6. The largest absolute Gasteiger partial charge is 0.385 e. The van der Waals surface area contributed by atoms with Gasteiger partial charge in [0.1, 0.15) is 0 Å². The Labute approximate surface area is 109 Å². The Balaban J connectivity index is 1.79. The summed E-state index contributed by atoms with van der Waals surface area (Å²) in [5.74, 6) is 1.14. The summed E-state index contributed by atoms with van der Waals surface area (Å²) in [7, 11) is 0. The fraction of sp³-hybridized carbons (Fsp3) is 0.533. The topological polar surface area (TPSA) is 41.1 Å². The number of carbonyl (C=O) groups excluding carboxylic acids is 1. The smallest absolute Gasteiger partial charge is 0.227 e. The first kappa shape index (κ1) is 12.9. The zero-order valence-corrected chi connectivity index (χ0v) is 11.2. The molecule has 1 saturated carbocycles. The molecule has 1 aromatic rings. The van der Waals surface area contributed by atoms with E-state index in [9.17, 15) is 4.79 Å². The predicted molar refractivity (Wildman–Crippen MR) is 75.7 cm³/mol. The van der Waals surface area contributed by atoms with E-state index in [1.807, 2.05) is 24.3 Å². The number of nitrogens with one attached hydrogen (secondary N) is 2. The van der Waals surface area contributed by atoms with Crippen LogP contribution in [-0.2, 0) is 4.79 Å². The number of carbonyl (C=O) groups is 1. The monoisotopic (exact) mass is 246 g/mol. The van der Waals surface area contributed by atoms with Gasteiger partial charge in [-0.15, -0.1) is 0 Å². The lowest BCUT2D eigenvalue weighted by molar-refractivity contribution is -0.117. The van der Waals surface area contributed by atoms with Crippen molar-refractivity contribution in [2.75, 3.05) is 17.2 Å². The maximum absolute atomic E-state index is 11.6. The Kier molecular flexibility index (Phi) is 4.24. The van der Waals surface area contributed by atoms with Gasteiger partial charge < -0.3 is 10.6 Å². The third-order valence-corrected chi connectivity index (χ3v) is 3.15. The van der Waals surface area contributed by atoms with Crippen LogP contribution in [0.15, 0.2) is 24.3 Å². The molecule has 2 N–H and O–H groups in total. The van der Waals surface area contributed by atoms with E-state index >= 15 is 0 Å². The van der Waals surface area contributed by atoms with Gasteiger partial charge in [-0.3, -0.25) is 4.79 Å². The molecule has 0 unspecified atom stereocenters. The van der Waals surface area contributed by atoms with Crippen LogP contribution in [0.25, 0.3) is 0 Å². The molecular weight excluding hydrogens is 224 g/mol. The van der Waals surface area contributed by atoms with Crippen LogP contribution in [0, 0.1) is 11.8 Å². The summed E-state index contributed by atoms with van der Waals surface area (Å²) < 4.78 is 0. The first-order valence-electron chi connectivity index (χ1n) is 6.80. The molecule has 0 radical (unpaired) electrons. The molecule has 1 fully saturated rings. The van der Waals surface area contributed by atoms with Crippen molar-refractivity contribution in [3.05, 3.63) is 24.3 Å². The molecule has 3 heteroatoms. The standard InChI is InChI=1S/C15H22N2O/c1-11(2)9-10-16-13-5-7-14(8-6-13)17-15(18)12-3-4-12/h5-8,11-12,16H,3-4,9-10H2,1-2H3,(H,17,18). The molecule has 0 saturated heterocycles. The minimum atomic E-state index is 0.163. The first-order valence-corrected chi connectivity index (χ1v) is 6.80. The normalized spacial score (nSPS) is 14.6. The highest BCUT2D eigenvalue weighted by molar-refractivity contribution is 5.94. The zero-order chi connectivity index (χ0) is 13.0. The summed E-state index contributed by atoms with van der Waals surface area (Å²) in [5, 5.41) is 6.32. The predicted octanol–water partition coefficient (Wildman–Crippen LogP) is 3.49. The van der Waals surface area contributed by atoms with Gasteiger partial charge in [0.2, 0.25) is 5.91 Å². The molecule has 1 aliphatic rings. The quantitative estimate of drug-likeness (QED) is 0.806. The molecule has 0 spiro atoms. The highest BCUT2D eigenvalue weighted by atomic mass is 16.2. The second kappa shape index (κ2) is 5.89.